The van der Waals surface area contributed by atoms with E-state index in [1.807, 2.05) is 61.2 Å². The van der Waals surface area contributed by atoms with E-state index in [2.05, 4.69) is 10.3 Å². The molecule has 2 heterocycles. The molecule has 3 aromatic rings. The van der Waals surface area contributed by atoms with E-state index in [1.54, 1.807) is 14.2 Å². The van der Waals surface area contributed by atoms with E-state index in [0.717, 1.165) is 41.2 Å². The molecule has 1 aliphatic carbocycles. The quantitative estimate of drug-likeness (QED) is 0.392. The minimum absolute atomic E-state index is 0.180. The number of ether oxygens (including phenoxy) is 4. The highest BCUT2D eigenvalue weighted by atomic mass is 16.5. The Hall–Kier alpha value is -3.72. The van der Waals surface area contributed by atoms with Crippen molar-refractivity contribution < 1.29 is 23.7 Å². The van der Waals surface area contributed by atoms with Gasteiger partial charge in [-0.3, -0.25) is 4.79 Å². The first-order valence-corrected chi connectivity index (χ1v) is 13.1. The first-order valence-electron chi connectivity index (χ1n) is 13.1. The Balaban J connectivity index is 1.33. The lowest BCUT2D eigenvalue weighted by Gasteiger charge is -2.28. The smallest absolute Gasteiger partial charge is 0.272 e. The molecule has 9 nitrogen and oxygen atoms in total. The van der Waals surface area contributed by atoms with Crippen molar-refractivity contribution in [1.29, 1.82) is 0 Å². The summed E-state index contributed by atoms with van der Waals surface area (Å²) in [6, 6.07) is 13.7. The minimum atomic E-state index is -0.744. The van der Waals surface area contributed by atoms with Crippen LogP contribution in [-0.2, 0) is 23.5 Å². The van der Waals surface area contributed by atoms with Crippen LogP contribution in [0, 0.1) is 0 Å². The van der Waals surface area contributed by atoms with E-state index in [-0.39, 0.29) is 12.0 Å². The van der Waals surface area contributed by atoms with Crippen LogP contribution in [0.1, 0.15) is 67.0 Å². The van der Waals surface area contributed by atoms with Crippen molar-refractivity contribution in [2.24, 2.45) is 0 Å². The molecule has 9 heteroatoms. The van der Waals surface area contributed by atoms with Crippen LogP contribution in [0.2, 0.25) is 0 Å². The van der Waals surface area contributed by atoms with Gasteiger partial charge in [0.25, 0.3) is 5.91 Å². The molecule has 1 amide bonds. The Bertz CT molecular complexity index is 1260. The largest absolute Gasteiger partial charge is 0.497 e. The molecule has 1 aromatic heterocycles. The second-order valence-electron chi connectivity index (χ2n) is 10.3. The lowest BCUT2D eigenvalue weighted by atomic mass is 10.1. The Morgan fingerprint density at radius 3 is 2.45 bits per heavy atom. The summed E-state index contributed by atoms with van der Waals surface area (Å²) in [5.74, 6) is 3.31. The van der Waals surface area contributed by atoms with Crippen molar-refractivity contribution in [3.63, 3.8) is 0 Å². The van der Waals surface area contributed by atoms with Gasteiger partial charge in [0.15, 0.2) is 17.3 Å². The first-order chi connectivity index (χ1) is 18.4. The molecule has 0 bridgehead atoms. The first kappa shape index (κ1) is 25.9. The van der Waals surface area contributed by atoms with Gasteiger partial charge in [-0.1, -0.05) is 18.2 Å². The van der Waals surface area contributed by atoms with Crippen LogP contribution in [0.4, 0.5) is 5.82 Å². The zero-order valence-electron chi connectivity index (χ0n) is 22.5. The molecular formula is C29H36N4O5. The van der Waals surface area contributed by atoms with Crippen LogP contribution in [0.15, 0.2) is 42.5 Å². The summed E-state index contributed by atoms with van der Waals surface area (Å²) >= 11 is 0. The molecule has 202 valence electrons. The monoisotopic (exact) mass is 520 g/mol. The van der Waals surface area contributed by atoms with Gasteiger partial charge in [-0.25, -0.2) is 4.98 Å². The Labute approximate surface area is 223 Å². The molecule has 2 aromatic carbocycles. The fourth-order valence-corrected chi connectivity index (χ4v) is 4.87. The van der Waals surface area contributed by atoms with Crippen molar-refractivity contribution in [1.82, 2.24) is 15.3 Å². The molecule has 1 aliphatic heterocycles. The number of nitrogens with zero attached hydrogens (tertiary/aromatic N) is 2. The third-order valence-electron chi connectivity index (χ3n) is 7.17. The molecule has 0 unspecified atom stereocenters. The van der Waals surface area contributed by atoms with E-state index in [0.29, 0.717) is 37.2 Å². The number of nitrogens with one attached hydrogen (secondary N) is 2. The minimum Gasteiger partial charge on any atom is -0.497 e. The Kier molecular flexibility index (Phi) is 7.46. The summed E-state index contributed by atoms with van der Waals surface area (Å²) in [4.78, 5) is 22.8. The molecule has 2 aliphatic rings. The topological polar surface area (TPSA) is 97.9 Å². The Morgan fingerprint density at radius 2 is 1.74 bits per heavy atom. The zero-order valence-corrected chi connectivity index (χ0v) is 22.5. The summed E-state index contributed by atoms with van der Waals surface area (Å²) in [6.45, 7) is 5.19. The molecule has 38 heavy (non-hydrogen) atoms. The molecular weight excluding hydrogens is 484 g/mol. The summed E-state index contributed by atoms with van der Waals surface area (Å²) in [5, 5.41) is 2.95. The fraction of sp³-hybridized carbons (Fsp3) is 0.448. The number of H-pyrrole nitrogens is 1. The highest BCUT2D eigenvalue weighted by molar-refractivity contribution is 5.99. The molecule has 5 rings (SSSR count). The van der Waals surface area contributed by atoms with Crippen molar-refractivity contribution in [3.05, 3.63) is 65.1 Å². The Morgan fingerprint density at radius 1 is 1.00 bits per heavy atom. The number of aromatic nitrogens is 2. The van der Waals surface area contributed by atoms with Gasteiger partial charge in [-0.05, 0) is 74.9 Å². The predicted octanol–water partition coefficient (Wildman–Crippen LogP) is 4.91. The highest BCUT2D eigenvalue weighted by Crippen LogP contribution is 2.34. The maximum absolute atomic E-state index is 12.7. The number of rotatable bonds is 10. The molecule has 1 saturated carbocycles. The highest BCUT2D eigenvalue weighted by Gasteiger charge is 2.33. The van der Waals surface area contributed by atoms with Gasteiger partial charge < -0.3 is 34.1 Å². The van der Waals surface area contributed by atoms with Crippen molar-refractivity contribution in [2.75, 3.05) is 25.8 Å². The number of amides is 1. The SMILES string of the molecule is COc1ccc(COC(C)(C)c2nc3c([nH]2)C(=O)NCN3Cc2ccc(OC)c(OC3CCCC3)c2)cc1. The number of methoxy groups -OCH3 is 2. The number of imidazole rings is 1. The van der Waals surface area contributed by atoms with E-state index in [9.17, 15) is 4.79 Å². The van der Waals surface area contributed by atoms with Gasteiger partial charge in [-0.15, -0.1) is 0 Å². The van der Waals surface area contributed by atoms with Crippen LogP contribution < -0.4 is 24.4 Å². The number of hydrogen-bond donors (Lipinski definition) is 2. The molecule has 0 spiro atoms. The number of fused-ring (bicyclic) bond motifs is 1. The number of carbonyl (C=O) groups is 1. The average molecular weight is 521 g/mol. The van der Waals surface area contributed by atoms with Crippen LogP contribution in [0.25, 0.3) is 0 Å². The van der Waals surface area contributed by atoms with Crippen LogP contribution >= 0.6 is 0 Å². The van der Waals surface area contributed by atoms with Crippen LogP contribution in [0.5, 0.6) is 17.2 Å². The summed E-state index contributed by atoms with van der Waals surface area (Å²) < 4.78 is 23.3. The van der Waals surface area contributed by atoms with E-state index < -0.39 is 5.60 Å². The van der Waals surface area contributed by atoms with E-state index in [1.165, 1.54) is 12.8 Å². The number of carbonyl (C=O) groups excluding carboxylic acids is 1. The number of anilines is 1. The van der Waals surface area contributed by atoms with Crippen molar-refractivity contribution >= 4 is 11.7 Å². The standard InChI is InChI=1S/C29H36N4O5/c1-29(2,37-17-19-9-12-21(35-3)13-10-19)28-31-25-26(32-28)33(18-30-27(25)34)16-20-11-14-23(36-4)24(15-20)38-22-7-5-6-8-22/h9-15,22H,5-8,16-18H2,1-4H3,(H,30,34)(H,31,32). The van der Waals surface area contributed by atoms with Gasteiger partial charge in [0.05, 0.1) is 33.6 Å². The molecule has 0 radical (unpaired) electrons. The van der Waals surface area contributed by atoms with Crippen LogP contribution in [-0.4, -0.2) is 42.9 Å². The summed E-state index contributed by atoms with van der Waals surface area (Å²) in [7, 11) is 3.30. The molecule has 2 N–H and O–H groups in total. The number of benzene rings is 2. The average Bonchev–Trinajstić information content (AvgIpc) is 3.61. The summed E-state index contributed by atoms with van der Waals surface area (Å²) in [5.41, 5.74) is 1.75. The maximum atomic E-state index is 12.7. The van der Waals surface area contributed by atoms with E-state index >= 15 is 0 Å². The summed E-state index contributed by atoms with van der Waals surface area (Å²) in [6.07, 6.45) is 4.77. The van der Waals surface area contributed by atoms with Gasteiger partial charge in [0, 0.05) is 6.54 Å². The molecule has 0 atom stereocenters. The van der Waals surface area contributed by atoms with Gasteiger partial charge in [0.2, 0.25) is 0 Å². The maximum Gasteiger partial charge on any atom is 0.272 e. The fourth-order valence-electron chi connectivity index (χ4n) is 4.87. The number of hydrogen-bond acceptors (Lipinski definition) is 7. The predicted molar refractivity (Wildman–Crippen MR) is 144 cm³/mol. The van der Waals surface area contributed by atoms with Gasteiger partial charge in [0.1, 0.15) is 22.9 Å². The van der Waals surface area contributed by atoms with Crippen molar-refractivity contribution in [3.8, 4) is 17.2 Å². The van der Waals surface area contributed by atoms with E-state index in [4.69, 9.17) is 23.9 Å². The zero-order chi connectivity index (χ0) is 26.7. The lowest BCUT2D eigenvalue weighted by molar-refractivity contribution is -0.0394. The third-order valence-corrected chi connectivity index (χ3v) is 7.17. The van der Waals surface area contributed by atoms with Crippen molar-refractivity contribution in [2.45, 2.75) is 64.4 Å². The second kappa shape index (κ2) is 10.9. The third kappa shape index (κ3) is 5.57. The number of aromatic amines is 1. The van der Waals surface area contributed by atoms with Gasteiger partial charge >= 0.3 is 0 Å². The van der Waals surface area contributed by atoms with Gasteiger partial charge in [-0.2, -0.15) is 0 Å². The second-order valence-corrected chi connectivity index (χ2v) is 10.3. The normalized spacial score (nSPS) is 15.8. The molecule has 1 fully saturated rings. The van der Waals surface area contributed by atoms with Crippen LogP contribution in [0.3, 0.4) is 0 Å². The lowest BCUT2D eigenvalue weighted by Crippen LogP contribution is -2.43. The molecule has 0 saturated heterocycles.